The standard InChI is InChI=1S/C20H29F3N4O2/c1-15(19(28)24-16-5-7-18(8-6-16)29-20(21,22)23)26-10-12-27(13-11-26)17-4-3-9-25(2)14-17/h5-8,15,17H,3-4,9-14H2,1-2H3,(H,24,28). The number of piperazine rings is 1. The molecule has 2 unspecified atom stereocenters. The molecule has 6 nitrogen and oxygen atoms in total. The van der Waals surface area contributed by atoms with Gasteiger partial charge < -0.3 is 15.0 Å². The van der Waals surface area contributed by atoms with Gasteiger partial charge >= 0.3 is 6.36 Å². The SMILES string of the molecule is CC(C(=O)Nc1ccc(OC(F)(F)F)cc1)N1CCN(C2CCCN(C)C2)CC1. The predicted molar refractivity (Wildman–Crippen MR) is 105 cm³/mol. The van der Waals surface area contributed by atoms with Crippen LogP contribution in [-0.4, -0.2) is 85.4 Å². The van der Waals surface area contributed by atoms with E-state index in [9.17, 15) is 18.0 Å². The van der Waals surface area contributed by atoms with E-state index in [4.69, 9.17) is 0 Å². The van der Waals surface area contributed by atoms with Gasteiger partial charge in [-0.1, -0.05) is 0 Å². The van der Waals surface area contributed by atoms with Crippen LogP contribution in [0.1, 0.15) is 19.8 Å². The second-order valence-electron chi connectivity index (χ2n) is 7.87. The zero-order chi connectivity index (χ0) is 21.0. The molecule has 2 aliphatic rings. The summed E-state index contributed by atoms with van der Waals surface area (Å²) in [5.41, 5.74) is 0.445. The fourth-order valence-corrected chi connectivity index (χ4v) is 4.08. The first kappa shape index (κ1) is 21.9. The Morgan fingerprint density at radius 3 is 2.38 bits per heavy atom. The van der Waals surface area contributed by atoms with Crippen molar-refractivity contribution in [2.45, 2.75) is 38.2 Å². The Kier molecular flexibility index (Phi) is 7.02. The number of hydrogen-bond donors (Lipinski definition) is 1. The molecule has 0 saturated carbocycles. The summed E-state index contributed by atoms with van der Waals surface area (Å²) in [6.07, 6.45) is -2.27. The largest absolute Gasteiger partial charge is 0.573 e. The summed E-state index contributed by atoms with van der Waals surface area (Å²) in [7, 11) is 2.16. The zero-order valence-electron chi connectivity index (χ0n) is 16.9. The number of carbonyl (C=O) groups is 1. The number of anilines is 1. The summed E-state index contributed by atoms with van der Waals surface area (Å²) in [4.78, 5) is 19.6. The van der Waals surface area contributed by atoms with E-state index in [0.717, 1.165) is 39.3 Å². The molecule has 2 aliphatic heterocycles. The number of piperidine rings is 1. The van der Waals surface area contributed by atoms with Crippen LogP contribution in [0.4, 0.5) is 18.9 Å². The molecule has 2 saturated heterocycles. The van der Waals surface area contributed by atoms with Crippen molar-refractivity contribution in [1.29, 1.82) is 0 Å². The number of likely N-dealkylation sites (N-methyl/N-ethyl adjacent to an activating group) is 1. The van der Waals surface area contributed by atoms with Gasteiger partial charge in [0, 0.05) is 44.5 Å². The Morgan fingerprint density at radius 1 is 1.14 bits per heavy atom. The average Bonchev–Trinajstić information content (AvgIpc) is 2.68. The zero-order valence-corrected chi connectivity index (χ0v) is 16.9. The number of carbonyl (C=O) groups excluding carboxylic acids is 1. The Balaban J connectivity index is 1.47. The molecule has 29 heavy (non-hydrogen) atoms. The van der Waals surface area contributed by atoms with Gasteiger partial charge in [-0.15, -0.1) is 13.2 Å². The molecule has 0 spiro atoms. The average molecular weight is 414 g/mol. The van der Waals surface area contributed by atoms with Crippen LogP contribution in [0.2, 0.25) is 0 Å². The minimum atomic E-state index is -4.73. The lowest BCUT2D eigenvalue weighted by molar-refractivity contribution is -0.274. The van der Waals surface area contributed by atoms with Gasteiger partial charge in [0.1, 0.15) is 5.75 Å². The van der Waals surface area contributed by atoms with Crippen LogP contribution in [0.25, 0.3) is 0 Å². The van der Waals surface area contributed by atoms with Gasteiger partial charge in [-0.25, -0.2) is 0 Å². The Hall–Kier alpha value is -1.84. The van der Waals surface area contributed by atoms with Crippen molar-refractivity contribution >= 4 is 11.6 Å². The molecule has 2 heterocycles. The van der Waals surface area contributed by atoms with E-state index < -0.39 is 6.36 Å². The maximum Gasteiger partial charge on any atom is 0.573 e. The topological polar surface area (TPSA) is 48.1 Å². The van der Waals surface area contributed by atoms with Gasteiger partial charge in [0.15, 0.2) is 0 Å². The quantitative estimate of drug-likeness (QED) is 0.803. The number of nitrogens with zero attached hydrogens (tertiary/aromatic N) is 3. The monoisotopic (exact) mass is 414 g/mol. The number of likely N-dealkylation sites (tertiary alicyclic amines) is 1. The van der Waals surface area contributed by atoms with Crippen molar-refractivity contribution in [2.75, 3.05) is 51.6 Å². The number of halogens is 3. The van der Waals surface area contributed by atoms with E-state index in [1.807, 2.05) is 6.92 Å². The lowest BCUT2D eigenvalue weighted by Crippen LogP contribution is -2.57. The van der Waals surface area contributed by atoms with Gasteiger partial charge in [0.05, 0.1) is 6.04 Å². The highest BCUT2D eigenvalue weighted by Crippen LogP contribution is 2.24. The molecule has 1 amide bonds. The van der Waals surface area contributed by atoms with Gasteiger partial charge in [-0.05, 0) is 57.6 Å². The van der Waals surface area contributed by atoms with E-state index in [2.05, 4.69) is 31.8 Å². The highest BCUT2D eigenvalue weighted by atomic mass is 19.4. The first-order valence-electron chi connectivity index (χ1n) is 10.0. The molecule has 2 fully saturated rings. The summed E-state index contributed by atoms with van der Waals surface area (Å²) in [6, 6.07) is 5.48. The first-order chi connectivity index (χ1) is 13.7. The summed E-state index contributed by atoms with van der Waals surface area (Å²) >= 11 is 0. The van der Waals surface area contributed by atoms with Gasteiger partial charge in [0.2, 0.25) is 5.91 Å². The van der Waals surface area contributed by atoms with Crippen molar-refractivity contribution in [2.24, 2.45) is 0 Å². The van der Waals surface area contributed by atoms with Gasteiger partial charge in [-0.2, -0.15) is 0 Å². The lowest BCUT2D eigenvalue weighted by Gasteiger charge is -2.43. The van der Waals surface area contributed by atoms with Crippen LogP contribution in [0.5, 0.6) is 5.75 Å². The number of benzene rings is 1. The number of alkyl halides is 3. The van der Waals surface area contributed by atoms with Crippen molar-refractivity contribution in [3.8, 4) is 5.75 Å². The van der Waals surface area contributed by atoms with E-state index in [-0.39, 0.29) is 17.7 Å². The normalized spacial score (nSPS) is 23.6. The fraction of sp³-hybridized carbons (Fsp3) is 0.650. The molecule has 0 bridgehead atoms. The predicted octanol–water partition coefficient (Wildman–Crippen LogP) is 2.62. The molecular formula is C20H29F3N4O2. The number of amides is 1. The molecule has 1 N–H and O–H groups in total. The maximum absolute atomic E-state index is 12.6. The smallest absolute Gasteiger partial charge is 0.406 e. The van der Waals surface area contributed by atoms with Crippen LogP contribution in [-0.2, 0) is 4.79 Å². The highest BCUT2D eigenvalue weighted by Gasteiger charge is 2.32. The first-order valence-corrected chi connectivity index (χ1v) is 10.0. The molecule has 162 valence electrons. The van der Waals surface area contributed by atoms with E-state index >= 15 is 0 Å². The van der Waals surface area contributed by atoms with Gasteiger partial charge in [-0.3, -0.25) is 14.6 Å². The summed E-state index contributed by atoms with van der Waals surface area (Å²) in [5, 5.41) is 2.77. The van der Waals surface area contributed by atoms with Crippen LogP contribution in [0.15, 0.2) is 24.3 Å². The number of nitrogens with one attached hydrogen (secondary N) is 1. The minimum absolute atomic E-state index is 0.166. The molecule has 3 rings (SSSR count). The third-order valence-corrected chi connectivity index (χ3v) is 5.75. The molecule has 0 aliphatic carbocycles. The van der Waals surface area contributed by atoms with Gasteiger partial charge in [0.25, 0.3) is 0 Å². The van der Waals surface area contributed by atoms with Crippen molar-refractivity contribution in [1.82, 2.24) is 14.7 Å². The molecular weight excluding hydrogens is 385 g/mol. The molecule has 0 radical (unpaired) electrons. The summed E-state index contributed by atoms with van der Waals surface area (Å²) in [6.45, 7) is 7.67. The van der Waals surface area contributed by atoms with Crippen molar-refractivity contribution in [3.05, 3.63) is 24.3 Å². The molecule has 9 heteroatoms. The fourth-order valence-electron chi connectivity index (χ4n) is 4.08. The van der Waals surface area contributed by atoms with Crippen molar-refractivity contribution < 1.29 is 22.7 Å². The Bertz CT molecular complexity index is 675. The molecule has 1 aromatic carbocycles. The number of rotatable bonds is 5. The van der Waals surface area contributed by atoms with Crippen LogP contribution < -0.4 is 10.1 Å². The van der Waals surface area contributed by atoms with E-state index in [0.29, 0.717) is 11.7 Å². The summed E-state index contributed by atoms with van der Waals surface area (Å²) in [5.74, 6) is -0.478. The minimum Gasteiger partial charge on any atom is -0.406 e. The number of ether oxygens (including phenoxy) is 1. The number of hydrogen-bond acceptors (Lipinski definition) is 5. The Morgan fingerprint density at radius 2 is 1.79 bits per heavy atom. The summed E-state index contributed by atoms with van der Waals surface area (Å²) < 4.78 is 40.5. The third kappa shape index (κ3) is 6.32. The second-order valence-corrected chi connectivity index (χ2v) is 7.87. The van der Waals surface area contributed by atoms with Crippen LogP contribution in [0, 0.1) is 0 Å². The van der Waals surface area contributed by atoms with Crippen LogP contribution >= 0.6 is 0 Å². The second kappa shape index (κ2) is 9.32. The van der Waals surface area contributed by atoms with Crippen molar-refractivity contribution in [3.63, 3.8) is 0 Å². The molecule has 1 aromatic rings. The van der Waals surface area contributed by atoms with E-state index in [1.165, 1.54) is 37.1 Å². The lowest BCUT2D eigenvalue weighted by atomic mass is 10.0. The van der Waals surface area contributed by atoms with Crippen LogP contribution in [0.3, 0.4) is 0 Å². The van der Waals surface area contributed by atoms with E-state index in [1.54, 1.807) is 0 Å². The Labute approximate surface area is 169 Å². The molecule has 0 aromatic heterocycles. The molecule has 2 atom stereocenters. The highest BCUT2D eigenvalue weighted by molar-refractivity contribution is 5.94. The maximum atomic E-state index is 12.6. The third-order valence-electron chi connectivity index (χ3n) is 5.75.